The van der Waals surface area contributed by atoms with Crippen molar-refractivity contribution in [1.29, 1.82) is 0 Å². The Kier molecular flexibility index (Phi) is 4.65. The number of aryl methyl sites for hydroxylation is 2. The normalized spacial score (nSPS) is 14.6. The van der Waals surface area contributed by atoms with Crippen LogP contribution in [0.5, 0.6) is 0 Å². The van der Waals surface area contributed by atoms with Crippen LogP contribution in [0.2, 0.25) is 0 Å². The van der Waals surface area contributed by atoms with Crippen molar-refractivity contribution in [2.75, 3.05) is 0 Å². The molecule has 0 aliphatic rings. The molecule has 0 bridgehead atoms. The molecule has 1 aromatic heterocycles. The molecule has 0 aliphatic heterocycles. The number of carbonyl (C=O) groups is 1. The van der Waals surface area contributed by atoms with E-state index in [2.05, 4.69) is 10.3 Å². The average Bonchev–Trinajstić information content (AvgIpc) is 2.56. The Labute approximate surface area is 106 Å². The Hall–Kier alpha value is -0.940. The molecule has 0 radical (unpaired) electrons. The number of rotatable bonds is 6. The van der Waals surface area contributed by atoms with Crippen LogP contribution >= 0.6 is 11.3 Å². The van der Waals surface area contributed by atoms with Crippen molar-refractivity contribution in [1.82, 2.24) is 10.3 Å². The van der Waals surface area contributed by atoms with E-state index in [1.165, 1.54) is 4.88 Å². The maximum absolute atomic E-state index is 11.2. The number of nitrogens with zero attached hydrogens (tertiary/aromatic N) is 1. The van der Waals surface area contributed by atoms with E-state index in [0.29, 0.717) is 13.0 Å². The molecule has 0 aromatic carbocycles. The number of hydrogen-bond donors (Lipinski definition) is 2. The summed E-state index contributed by atoms with van der Waals surface area (Å²) in [5.74, 6) is -0.802. The van der Waals surface area contributed by atoms with Crippen LogP contribution in [-0.2, 0) is 11.3 Å². The lowest BCUT2D eigenvalue weighted by molar-refractivity contribution is -0.144. The summed E-state index contributed by atoms with van der Waals surface area (Å²) in [6, 6.07) is 0. The quantitative estimate of drug-likeness (QED) is 0.821. The predicted molar refractivity (Wildman–Crippen MR) is 69.4 cm³/mol. The van der Waals surface area contributed by atoms with E-state index in [4.69, 9.17) is 0 Å². The van der Waals surface area contributed by atoms with Gasteiger partial charge in [-0.25, -0.2) is 4.98 Å². The summed E-state index contributed by atoms with van der Waals surface area (Å²) < 4.78 is 0. The zero-order valence-corrected chi connectivity index (χ0v) is 11.6. The van der Waals surface area contributed by atoms with Gasteiger partial charge in [-0.05, 0) is 27.2 Å². The van der Waals surface area contributed by atoms with Crippen LogP contribution in [0.25, 0.3) is 0 Å². The summed E-state index contributed by atoms with van der Waals surface area (Å²) in [7, 11) is 0. The molecule has 4 nitrogen and oxygen atoms in total. The highest BCUT2D eigenvalue weighted by Crippen LogP contribution is 2.18. The molecule has 0 fully saturated rings. The van der Waals surface area contributed by atoms with Crippen LogP contribution in [0.1, 0.15) is 42.3 Å². The minimum atomic E-state index is -0.859. The second-order valence-corrected chi connectivity index (χ2v) is 5.78. The van der Waals surface area contributed by atoms with Crippen molar-refractivity contribution in [3.63, 3.8) is 0 Å². The monoisotopic (exact) mass is 256 g/mol. The molecule has 5 heteroatoms. The lowest BCUT2D eigenvalue weighted by Gasteiger charge is -2.25. The Balaban J connectivity index is 2.67. The fraction of sp³-hybridized carbons (Fsp3) is 0.667. The van der Waals surface area contributed by atoms with Crippen molar-refractivity contribution < 1.29 is 9.90 Å². The van der Waals surface area contributed by atoms with Crippen LogP contribution in [0.3, 0.4) is 0 Å². The molecule has 0 saturated heterocycles. The first-order valence-electron chi connectivity index (χ1n) is 5.80. The summed E-state index contributed by atoms with van der Waals surface area (Å²) in [6.45, 7) is 8.23. The van der Waals surface area contributed by atoms with Gasteiger partial charge in [-0.15, -0.1) is 11.3 Å². The Morgan fingerprint density at radius 2 is 2.18 bits per heavy atom. The van der Waals surface area contributed by atoms with Gasteiger partial charge >= 0.3 is 5.97 Å². The summed E-state index contributed by atoms with van der Waals surface area (Å²) in [5, 5.41) is 13.3. The van der Waals surface area contributed by atoms with Gasteiger partial charge in [0.15, 0.2) is 0 Å². The SMILES string of the molecule is CCCC(C)(NCc1nc(C)c(C)s1)C(=O)O. The topological polar surface area (TPSA) is 62.2 Å². The van der Waals surface area contributed by atoms with Gasteiger partial charge in [0.1, 0.15) is 10.5 Å². The molecule has 0 amide bonds. The molecule has 1 atom stereocenters. The first-order valence-corrected chi connectivity index (χ1v) is 6.62. The van der Waals surface area contributed by atoms with Crippen molar-refractivity contribution in [3.05, 3.63) is 15.6 Å². The number of thiazole rings is 1. The minimum Gasteiger partial charge on any atom is -0.480 e. The highest BCUT2D eigenvalue weighted by molar-refractivity contribution is 7.11. The van der Waals surface area contributed by atoms with Gasteiger partial charge < -0.3 is 5.11 Å². The minimum absolute atomic E-state index is 0.516. The van der Waals surface area contributed by atoms with Crippen molar-refractivity contribution in [2.24, 2.45) is 0 Å². The highest BCUT2D eigenvalue weighted by atomic mass is 32.1. The molecular formula is C12H20N2O2S. The second kappa shape index (κ2) is 5.60. The summed E-state index contributed by atoms with van der Waals surface area (Å²) in [5.41, 5.74) is 0.168. The van der Waals surface area contributed by atoms with E-state index in [0.717, 1.165) is 17.1 Å². The first kappa shape index (κ1) is 14.1. The van der Waals surface area contributed by atoms with Gasteiger partial charge in [-0.1, -0.05) is 13.3 Å². The third kappa shape index (κ3) is 3.51. The van der Waals surface area contributed by atoms with Gasteiger partial charge in [0.2, 0.25) is 0 Å². The fourth-order valence-corrected chi connectivity index (χ4v) is 2.53. The number of carboxylic acids is 1. The third-order valence-corrected chi connectivity index (χ3v) is 4.00. The molecule has 0 saturated carbocycles. The Morgan fingerprint density at radius 1 is 1.53 bits per heavy atom. The van der Waals surface area contributed by atoms with Crippen LogP contribution in [0.4, 0.5) is 0 Å². The molecule has 1 heterocycles. The van der Waals surface area contributed by atoms with E-state index < -0.39 is 11.5 Å². The smallest absolute Gasteiger partial charge is 0.323 e. The van der Waals surface area contributed by atoms with Crippen LogP contribution in [-0.4, -0.2) is 21.6 Å². The predicted octanol–water partition coefficient (Wildman–Crippen LogP) is 2.49. The molecule has 96 valence electrons. The molecule has 0 aliphatic carbocycles. The molecule has 1 unspecified atom stereocenters. The molecule has 2 N–H and O–H groups in total. The lowest BCUT2D eigenvalue weighted by Crippen LogP contribution is -2.48. The van der Waals surface area contributed by atoms with E-state index in [9.17, 15) is 9.90 Å². The number of aromatic nitrogens is 1. The van der Waals surface area contributed by atoms with Crippen molar-refractivity contribution in [2.45, 2.75) is 52.6 Å². The molecular weight excluding hydrogens is 236 g/mol. The van der Waals surface area contributed by atoms with Gasteiger partial charge in [0.05, 0.1) is 5.69 Å². The number of carboxylic acid groups (broad SMARTS) is 1. The average molecular weight is 256 g/mol. The zero-order valence-electron chi connectivity index (χ0n) is 10.8. The van der Waals surface area contributed by atoms with Gasteiger partial charge in [-0.3, -0.25) is 10.1 Å². The van der Waals surface area contributed by atoms with Gasteiger partial charge in [-0.2, -0.15) is 0 Å². The number of nitrogens with one attached hydrogen (secondary N) is 1. The third-order valence-electron chi connectivity index (χ3n) is 2.92. The standard InChI is InChI=1S/C12H20N2O2S/c1-5-6-12(4,11(15)16)13-7-10-14-8(2)9(3)17-10/h13H,5-7H2,1-4H3,(H,15,16). The summed E-state index contributed by atoms with van der Waals surface area (Å²) >= 11 is 1.62. The number of hydrogen-bond acceptors (Lipinski definition) is 4. The van der Waals surface area contributed by atoms with E-state index in [1.807, 2.05) is 20.8 Å². The maximum Gasteiger partial charge on any atom is 0.323 e. The Bertz CT molecular complexity index is 384. The molecule has 17 heavy (non-hydrogen) atoms. The Morgan fingerprint density at radius 3 is 2.59 bits per heavy atom. The van der Waals surface area contributed by atoms with Gasteiger partial charge in [0.25, 0.3) is 0 Å². The van der Waals surface area contributed by atoms with E-state index in [1.54, 1.807) is 18.3 Å². The van der Waals surface area contributed by atoms with E-state index in [-0.39, 0.29) is 0 Å². The van der Waals surface area contributed by atoms with E-state index >= 15 is 0 Å². The summed E-state index contributed by atoms with van der Waals surface area (Å²) in [4.78, 5) is 16.8. The van der Waals surface area contributed by atoms with Gasteiger partial charge in [0, 0.05) is 11.4 Å². The zero-order chi connectivity index (χ0) is 13.1. The fourth-order valence-electron chi connectivity index (χ4n) is 1.66. The first-order chi connectivity index (χ1) is 7.89. The lowest BCUT2D eigenvalue weighted by atomic mass is 9.96. The van der Waals surface area contributed by atoms with Crippen LogP contribution in [0.15, 0.2) is 0 Å². The maximum atomic E-state index is 11.2. The van der Waals surface area contributed by atoms with Crippen LogP contribution in [0, 0.1) is 13.8 Å². The molecule has 1 rings (SSSR count). The number of aliphatic carboxylic acids is 1. The van der Waals surface area contributed by atoms with Crippen LogP contribution < -0.4 is 5.32 Å². The van der Waals surface area contributed by atoms with Crippen molar-refractivity contribution in [3.8, 4) is 0 Å². The highest BCUT2D eigenvalue weighted by Gasteiger charge is 2.31. The molecule has 0 spiro atoms. The second-order valence-electron chi connectivity index (χ2n) is 4.49. The van der Waals surface area contributed by atoms with Crippen molar-refractivity contribution >= 4 is 17.3 Å². The summed E-state index contributed by atoms with van der Waals surface area (Å²) in [6.07, 6.45) is 1.46. The molecule has 1 aromatic rings. The largest absolute Gasteiger partial charge is 0.480 e.